The van der Waals surface area contributed by atoms with Crippen LogP contribution < -0.4 is 5.32 Å². The molecule has 4 nitrogen and oxygen atoms in total. The fourth-order valence-corrected chi connectivity index (χ4v) is 3.99. The predicted molar refractivity (Wildman–Crippen MR) is 106 cm³/mol. The summed E-state index contributed by atoms with van der Waals surface area (Å²) in [4.78, 5) is 12.9. The van der Waals surface area contributed by atoms with E-state index in [-0.39, 0.29) is 11.9 Å². The number of benzene rings is 2. The fraction of sp³-hybridized carbons (Fsp3) is 0.304. The largest absolute Gasteiger partial charge is 0.345 e. The van der Waals surface area contributed by atoms with Gasteiger partial charge in [-0.25, -0.2) is 0 Å². The van der Waals surface area contributed by atoms with Gasteiger partial charge in [0.05, 0.1) is 12.6 Å². The van der Waals surface area contributed by atoms with Crippen molar-refractivity contribution < 1.29 is 4.79 Å². The number of carbonyl (C=O) groups is 1. The highest BCUT2D eigenvalue weighted by molar-refractivity contribution is 5.94. The molecule has 1 unspecified atom stereocenters. The number of amides is 1. The minimum atomic E-state index is 0.00129. The molecule has 3 aromatic rings. The Morgan fingerprint density at radius 1 is 1.04 bits per heavy atom. The molecule has 0 radical (unpaired) electrons. The van der Waals surface area contributed by atoms with Crippen LogP contribution in [0.2, 0.25) is 0 Å². The molecule has 1 aliphatic carbocycles. The van der Waals surface area contributed by atoms with Gasteiger partial charge in [0.15, 0.2) is 0 Å². The lowest BCUT2D eigenvalue weighted by atomic mass is 9.91. The van der Waals surface area contributed by atoms with E-state index in [4.69, 9.17) is 0 Å². The SMILES string of the molecule is O=C(NC(c1ccccc1)C1CCCC1)c1ccc(Cn2cccn2)cc1. The smallest absolute Gasteiger partial charge is 0.251 e. The number of hydrogen-bond donors (Lipinski definition) is 1. The van der Waals surface area contributed by atoms with Crippen LogP contribution in [0.3, 0.4) is 0 Å². The van der Waals surface area contributed by atoms with Crippen LogP contribution in [0.25, 0.3) is 0 Å². The highest BCUT2D eigenvalue weighted by atomic mass is 16.1. The first kappa shape index (κ1) is 17.5. The van der Waals surface area contributed by atoms with Gasteiger partial charge in [-0.1, -0.05) is 55.3 Å². The predicted octanol–water partition coefficient (Wildman–Crippen LogP) is 4.59. The standard InChI is InChI=1S/C23H25N3O/c27-23(21-13-11-18(12-14-21)17-26-16-6-15-24-26)25-22(20-9-4-5-10-20)19-7-2-1-3-8-19/h1-3,6-8,11-16,20,22H,4-5,9-10,17H2,(H,25,27). The van der Waals surface area contributed by atoms with Gasteiger partial charge >= 0.3 is 0 Å². The Balaban J connectivity index is 1.47. The van der Waals surface area contributed by atoms with Crippen LogP contribution in [0.5, 0.6) is 0 Å². The van der Waals surface area contributed by atoms with Crippen molar-refractivity contribution in [2.75, 3.05) is 0 Å². The molecule has 4 heteroatoms. The van der Waals surface area contributed by atoms with E-state index in [1.807, 2.05) is 59.4 Å². The molecule has 1 fully saturated rings. The van der Waals surface area contributed by atoms with Crippen molar-refractivity contribution in [3.8, 4) is 0 Å². The zero-order valence-corrected chi connectivity index (χ0v) is 15.4. The molecule has 0 bridgehead atoms. The Bertz CT molecular complexity index is 850. The molecule has 27 heavy (non-hydrogen) atoms. The summed E-state index contributed by atoms with van der Waals surface area (Å²) in [7, 11) is 0. The Hall–Kier alpha value is -2.88. The summed E-state index contributed by atoms with van der Waals surface area (Å²) in [6.45, 7) is 0.712. The summed E-state index contributed by atoms with van der Waals surface area (Å²) in [5.41, 5.74) is 3.04. The minimum absolute atomic E-state index is 0.00129. The van der Waals surface area contributed by atoms with E-state index in [9.17, 15) is 4.79 Å². The first-order valence-electron chi connectivity index (χ1n) is 9.72. The van der Waals surface area contributed by atoms with Gasteiger partial charge in [-0.15, -0.1) is 0 Å². The molecule has 0 aliphatic heterocycles. The van der Waals surface area contributed by atoms with E-state index in [1.54, 1.807) is 6.20 Å². The highest BCUT2D eigenvalue weighted by Crippen LogP contribution is 2.35. The Kier molecular flexibility index (Phi) is 5.33. The van der Waals surface area contributed by atoms with Gasteiger partial charge in [-0.2, -0.15) is 5.10 Å². The van der Waals surface area contributed by atoms with Crippen molar-refractivity contribution in [3.05, 3.63) is 89.7 Å². The lowest BCUT2D eigenvalue weighted by Crippen LogP contribution is -2.32. The molecule has 1 N–H and O–H groups in total. The topological polar surface area (TPSA) is 46.9 Å². The van der Waals surface area contributed by atoms with Crippen molar-refractivity contribution >= 4 is 5.91 Å². The van der Waals surface area contributed by atoms with E-state index in [1.165, 1.54) is 31.2 Å². The molecule has 0 saturated heterocycles. The second-order valence-electron chi connectivity index (χ2n) is 7.31. The molecule has 1 atom stereocenters. The first-order chi connectivity index (χ1) is 13.3. The van der Waals surface area contributed by atoms with Gasteiger partial charge in [0.25, 0.3) is 5.91 Å². The van der Waals surface area contributed by atoms with Crippen molar-refractivity contribution in [1.29, 1.82) is 0 Å². The maximum atomic E-state index is 12.9. The van der Waals surface area contributed by atoms with Gasteiger partial charge in [0, 0.05) is 18.0 Å². The third-order valence-electron chi connectivity index (χ3n) is 5.44. The van der Waals surface area contributed by atoms with Gasteiger partial charge < -0.3 is 5.32 Å². The second kappa shape index (κ2) is 8.21. The summed E-state index contributed by atoms with van der Waals surface area (Å²) in [5.74, 6) is 0.525. The van der Waals surface area contributed by atoms with E-state index in [0.29, 0.717) is 18.0 Å². The van der Waals surface area contributed by atoms with Crippen molar-refractivity contribution in [2.45, 2.75) is 38.3 Å². The fourth-order valence-electron chi connectivity index (χ4n) is 3.99. The van der Waals surface area contributed by atoms with Crippen LogP contribution in [0, 0.1) is 5.92 Å². The number of rotatable bonds is 6. The summed E-state index contributed by atoms with van der Waals surface area (Å²) in [6.07, 6.45) is 8.59. The monoisotopic (exact) mass is 359 g/mol. The van der Waals surface area contributed by atoms with Gasteiger partial charge in [-0.05, 0) is 48.1 Å². The van der Waals surface area contributed by atoms with Gasteiger partial charge in [-0.3, -0.25) is 9.48 Å². The van der Waals surface area contributed by atoms with Crippen LogP contribution >= 0.6 is 0 Å². The van der Waals surface area contributed by atoms with Crippen LogP contribution in [-0.2, 0) is 6.54 Å². The van der Waals surface area contributed by atoms with Gasteiger partial charge in [0.1, 0.15) is 0 Å². The number of hydrogen-bond acceptors (Lipinski definition) is 2. The maximum absolute atomic E-state index is 12.9. The van der Waals surface area contributed by atoms with Crippen LogP contribution in [0.4, 0.5) is 0 Å². The first-order valence-corrected chi connectivity index (χ1v) is 9.72. The van der Waals surface area contributed by atoms with Crippen LogP contribution in [-0.4, -0.2) is 15.7 Å². The maximum Gasteiger partial charge on any atom is 0.251 e. The number of nitrogens with zero attached hydrogens (tertiary/aromatic N) is 2. The minimum Gasteiger partial charge on any atom is -0.345 e. The van der Waals surface area contributed by atoms with Crippen molar-refractivity contribution in [2.24, 2.45) is 5.92 Å². The third-order valence-corrected chi connectivity index (χ3v) is 5.44. The normalized spacial score (nSPS) is 15.6. The molecule has 2 aromatic carbocycles. The molecule has 4 rings (SSSR count). The molecule has 1 saturated carbocycles. The van der Waals surface area contributed by atoms with Crippen molar-refractivity contribution in [1.82, 2.24) is 15.1 Å². The van der Waals surface area contributed by atoms with Gasteiger partial charge in [0.2, 0.25) is 0 Å². The molecular formula is C23H25N3O. The number of carbonyl (C=O) groups excluding carboxylic acids is 1. The van der Waals surface area contributed by atoms with E-state index in [0.717, 1.165) is 5.56 Å². The zero-order chi connectivity index (χ0) is 18.5. The van der Waals surface area contributed by atoms with Crippen molar-refractivity contribution in [3.63, 3.8) is 0 Å². The summed E-state index contributed by atoms with van der Waals surface area (Å²) in [6, 6.07) is 20.2. The van der Waals surface area contributed by atoms with E-state index >= 15 is 0 Å². The second-order valence-corrected chi connectivity index (χ2v) is 7.31. The summed E-state index contributed by atoms with van der Waals surface area (Å²) < 4.78 is 1.88. The molecular weight excluding hydrogens is 334 g/mol. The Morgan fingerprint density at radius 3 is 2.44 bits per heavy atom. The van der Waals surface area contributed by atoms with E-state index in [2.05, 4.69) is 22.5 Å². The molecule has 138 valence electrons. The van der Waals surface area contributed by atoms with E-state index < -0.39 is 0 Å². The Morgan fingerprint density at radius 2 is 1.78 bits per heavy atom. The van der Waals surface area contributed by atoms with Crippen LogP contribution in [0.15, 0.2) is 73.1 Å². The summed E-state index contributed by atoms with van der Waals surface area (Å²) >= 11 is 0. The molecule has 1 aliphatic rings. The Labute approximate surface area is 160 Å². The molecule has 0 spiro atoms. The molecule has 1 heterocycles. The summed E-state index contributed by atoms with van der Waals surface area (Å²) in [5, 5.41) is 7.52. The third kappa shape index (κ3) is 4.27. The average molecular weight is 359 g/mol. The highest BCUT2D eigenvalue weighted by Gasteiger charge is 2.27. The molecule has 1 aromatic heterocycles. The lowest BCUT2D eigenvalue weighted by Gasteiger charge is -2.25. The van der Waals surface area contributed by atoms with Crippen LogP contribution in [0.1, 0.15) is 53.2 Å². The lowest BCUT2D eigenvalue weighted by molar-refractivity contribution is 0.0921. The number of nitrogens with one attached hydrogen (secondary N) is 1. The quantitative estimate of drug-likeness (QED) is 0.699. The number of aromatic nitrogens is 2. The average Bonchev–Trinajstić information content (AvgIpc) is 3.41. The molecule has 1 amide bonds. The zero-order valence-electron chi connectivity index (χ0n) is 15.4.